The summed E-state index contributed by atoms with van der Waals surface area (Å²) in [5.74, 6) is 0.0237. The number of nitrogens with one attached hydrogen (secondary N) is 2. The van der Waals surface area contributed by atoms with Crippen LogP contribution in [-0.4, -0.2) is 19.0 Å². The molecule has 0 fully saturated rings. The summed E-state index contributed by atoms with van der Waals surface area (Å²) in [6.07, 6.45) is 0. The molecule has 1 aromatic rings. The van der Waals surface area contributed by atoms with E-state index in [9.17, 15) is 4.79 Å². The molecule has 0 aliphatic carbocycles. The molecule has 3 nitrogen and oxygen atoms in total. The molecule has 0 aliphatic rings. The number of hydrogen-bond donors (Lipinski definition) is 2. The Hall–Kier alpha value is -1.35. The molecule has 0 spiro atoms. The van der Waals surface area contributed by atoms with Crippen LogP contribution in [0.4, 0.5) is 0 Å². The second-order valence-electron chi connectivity index (χ2n) is 4.15. The maximum Gasteiger partial charge on any atom is 0.237 e. The van der Waals surface area contributed by atoms with Gasteiger partial charge in [0.05, 0.1) is 12.1 Å². The average Bonchev–Trinajstić information content (AvgIpc) is 2.28. The van der Waals surface area contributed by atoms with Crippen molar-refractivity contribution < 1.29 is 4.79 Å². The van der Waals surface area contributed by atoms with E-state index in [1.165, 1.54) is 5.56 Å². The van der Waals surface area contributed by atoms with Gasteiger partial charge in [-0.25, -0.2) is 0 Å². The quantitative estimate of drug-likeness (QED) is 0.812. The minimum Gasteiger partial charge on any atom is -0.348 e. The van der Waals surface area contributed by atoms with Crippen molar-refractivity contribution in [3.05, 3.63) is 35.4 Å². The summed E-state index contributed by atoms with van der Waals surface area (Å²) < 4.78 is 0. The van der Waals surface area contributed by atoms with E-state index in [1.807, 2.05) is 26.0 Å². The lowest BCUT2D eigenvalue weighted by Crippen LogP contribution is -2.41. The smallest absolute Gasteiger partial charge is 0.237 e. The van der Waals surface area contributed by atoms with Gasteiger partial charge in [-0.15, -0.1) is 0 Å². The molecule has 1 aromatic carbocycles. The molecule has 0 heterocycles. The van der Waals surface area contributed by atoms with Crippen LogP contribution in [0.2, 0.25) is 0 Å². The van der Waals surface area contributed by atoms with Crippen molar-refractivity contribution in [1.29, 1.82) is 0 Å². The predicted molar refractivity (Wildman–Crippen MR) is 66.3 cm³/mol. The van der Waals surface area contributed by atoms with Crippen LogP contribution in [0, 0.1) is 6.92 Å². The van der Waals surface area contributed by atoms with Gasteiger partial charge in [0.15, 0.2) is 0 Å². The Balaban J connectivity index is 2.62. The molecule has 0 bridgehead atoms. The highest BCUT2D eigenvalue weighted by Crippen LogP contribution is 2.12. The number of carbonyl (C=O) groups is 1. The van der Waals surface area contributed by atoms with Crippen LogP contribution in [-0.2, 0) is 4.79 Å². The second-order valence-corrected chi connectivity index (χ2v) is 4.15. The molecule has 16 heavy (non-hydrogen) atoms. The molecule has 0 saturated carbocycles. The zero-order valence-corrected chi connectivity index (χ0v) is 10.4. The fourth-order valence-electron chi connectivity index (χ4n) is 1.41. The molecule has 1 amide bonds. The maximum absolute atomic E-state index is 11.7. The standard InChI is InChI=1S/C13H20N2O/c1-9-5-7-12(8-6-9)10(2)15-13(16)11(3)14-4/h5-8,10-11,14H,1-4H3,(H,15,16)/t10-,11?/m1/s1. The number of rotatable bonds is 4. The number of hydrogen-bond acceptors (Lipinski definition) is 2. The van der Waals surface area contributed by atoms with Gasteiger partial charge in [0.1, 0.15) is 0 Å². The highest BCUT2D eigenvalue weighted by Gasteiger charge is 2.13. The average molecular weight is 220 g/mol. The Morgan fingerprint density at radius 1 is 1.19 bits per heavy atom. The van der Waals surface area contributed by atoms with E-state index < -0.39 is 0 Å². The van der Waals surface area contributed by atoms with Crippen LogP contribution >= 0.6 is 0 Å². The fraction of sp³-hybridized carbons (Fsp3) is 0.462. The summed E-state index contributed by atoms with van der Waals surface area (Å²) in [4.78, 5) is 11.7. The maximum atomic E-state index is 11.7. The van der Waals surface area contributed by atoms with E-state index in [0.717, 1.165) is 5.56 Å². The third kappa shape index (κ3) is 3.35. The van der Waals surface area contributed by atoms with Crippen LogP contribution in [0.1, 0.15) is 31.0 Å². The van der Waals surface area contributed by atoms with Crippen molar-refractivity contribution >= 4 is 5.91 Å². The van der Waals surface area contributed by atoms with Crippen molar-refractivity contribution in [2.45, 2.75) is 32.9 Å². The third-order valence-corrected chi connectivity index (χ3v) is 2.76. The van der Waals surface area contributed by atoms with Gasteiger partial charge >= 0.3 is 0 Å². The first-order valence-corrected chi connectivity index (χ1v) is 5.58. The van der Waals surface area contributed by atoms with Crippen LogP contribution in [0.3, 0.4) is 0 Å². The molecule has 88 valence electrons. The Kier molecular flexibility index (Phi) is 4.50. The van der Waals surface area contributed by atoms with Crippen LogP contribution in [0.25, 0.3) is 0 Å². The lowest BCUT2D eigenvalue weighted by Gasteiger charge is -2.17. The van der Waals surface area contributed by atoms with E-state index in [2.05, 4.69) is 29.7 Å². The first-order valence-electron chi connectivity index (χ1n) is 5.58. The minimum absolute atomic E-state index is 0.0237. The zero-order chi connectivity index (χ0) is 12.1. The van der Waals surface area contributed by atoms with E-state index in [1.54, 1.807) is 7.05 Å². The summed E-state index contributed by atoms with van der Waals surface area (Å²) in [6.45, 7) is 5.89. The molecule has 1 rings (SSSR count). The van der Waals surface area contributed by atoms with Crippen molar-refractivity contribution in [3.63, 3.8) is 0 Å². The molecule has 0 saturated heterocycles. The lowest BCUT2D eigenvalue weighted by molar-refractivity contribution is -0.123. The monoisotopic (exact) mass is 220 g/mol. The topological polar surface area (TPSA) is 41.1 Å². The summed E-state index contributed by atoms with van der Waals surface area (Å²) in [6, 6.07) is 8.09. The largest absolute Gasteiger partial charge is 0.348 e. The number of carbonyl (C=O) groups excluding carboxylic acids is 1. The number of likely N-dealkylation sites (N-methyl/N-ethyl adjacent to an activating group) is 1. The second kappa shape index (κ2) is 5.66. The molecule has 0 radical (unpaired) electrons. The number of aryl methyl sites for hydroxylation is 1. The van der Waals surface area contributed by atoms with E-state index in [4.69, 9.17) is 0 Å². The molecule has 0 aliphatic heterocycles. The number of amides is 1. The van der Waals surface area contributed by atoms with Gasteiger partial charge in [0, 0.05) is 0 Å². The van der Waals surface area contributed by atoms with Crippen LogP contribution < -0.4 is 10.6 Å². The first kappa shape index (κ1) is 12.7. The van der Waals surface area contributed by atoms with Gasteiger partial charge < -0.3 is 10.6 Å². The van der Waals surface area contributed by atoms with Gasteiger partial charge in [-0.3, -0.25) is 4.79 Å². The first-order chi connectivity index (χ1) is 7.54. The summed E-state index contributed by atoms with van der Waals surface area (Å²) in [5.41, 5.74) is 2.35. The molecule has 1 unspecified atom stereocenters. The van der Waals surface area contributed by atoms with Gasteiger partial charge in [-0.05, 0) is 33.4 Å². The highest BCUT2D eigenvalue weighted by atomic mass is 16.2. The van der Waals surface area contributed by atoms with Gasteiger partial charge in [-0.2, -0.15) is 0 Å². The van der Waals surface area contributed by atoms with Crippen LogP contribution in [0.15, 0.2) is 24.3 Å². The SMILES string of the molecule is CNC(C)C(=O)N[C@H](C)c1ccc(C)cc1. The number of benzene rings is 1. The van der Waals surface area contributed by atoms with E-state index in [-0.39, 0.29) is 18.0 Å². The summed E-state index contributed by atoms with van der Waals surface area (Å²) >= 11 is 0. The van der Waals surface area contributed by atoms with Gasteiger partial charge in [-0.1, -0.05) is 29.8 Å². The van der Waals surface area contributed by atoms with Crippen LogP contribution in [0.5, 0.6) is 0 Å². The minimum atomic E-state index is -0.159. The molecule has 2 N–H and O–H groups in total. The molecule has 2 atom stereocenters. The Labute approximate surface area is 97.2 Å². The Morgan fingerprint density at radius 2 is 1.75 bits per heavy atom. The predicted octanol–water partition coefficient (Wildman–Crippen LogP) is 1.78. The van der Waals surface area contributed by atoms with Crippen molar-refractivity contribution in [2.75, 3.05) is 7.05 Å². The van der Waals surface area contributed by atoms with E-state index >= 15 is 0 Å². The third-order valence-electron chi connectivity index (χ3n) is 2.76. The highest BCUT2D eigenvalue weighted by molar-refractivity contribution is 5.81. The lowest BCUT2D eigenvalue weighted by atomic mass is 10.1. The fourth-order valence-corrected chi connectivity index (χ4v) is 1.41. The summed E-state index contributed by atoms with van der Waals surface area (Å²) in [7, 11) is 1.78. The zero-order valence-electron chi connectivity index (χ0n) is 10.4. The molecule has 0 aromatic heterocycles. The van der Waals surface area contributed by atoms with Gasteiger partial charge in [0.2, 0.25) is 5.91 Å². The van der Waals surface area contributed by atoms with Crippen molar-refractivity contribution in [3.8, 4) is 0 Å². The molecular weight excluding hydrogens is 200 g/mol. The van der Waals surface area contributed by atoms with Crippen molar-refractivity contribution in [2.24, 2.45) is 0 Å². The Morgan fingerprint density at radius 3 is 2.25 bits per heavy atom. The molecule has 3 heteroatoms. The van der Waals surface area contributed by atoms with Crippen molar-refractivity contribution in [1.82, 2.24) is 10.6 Å². The summed E-state index contributed by atoms with van der Waals surface area (Å²) in [5, 5.41) is 5.88. The Bertz CT molecular complexity index is 345. The van der Waals surface area contributed by atoms with E-state index in [0.29, 0.717) is 0 Å². The van der Waals surface area contributed by atoms with Gasteiger partial charge in [0.25, 0.3) is 0 Å². The normalized spacial score (nSPS) is 14.2. The molecular formula is C13H20N2O.